The summed E-state index contributed by atoms with van der Waals surface area (Å²) in [4.78, 5) is 39.3. The molecular weight excluding hydrogens is 292 g/mol. The molecule has 3 atom stereocenters. The highest BCUT2D eigenvalue weighted by Gasteiger charge is 2.65. The first-order valence-electron chi connectivity index (χ1n) is 8.31. The van der Waals surface area contributed by atoms with Crippen LogP contribution >= 0.6 is 0 Å². The van der Waals surface area contributed by atoms with Gasteiger partial charge in [0, 0.05) is 19.0 Å². The summed E-state index contributed by atoms with van der Waals surface area (Å²) in [5, 5.41) is 2.49. The molecule has 0 aromatic heterocycles. The Hall–Kier alpha value is -2.17. The molecule has 1 aromatic carbocycles. The summed E-state index contributed by atoms with van der Waals surface area (Å²) in [5.41, 5.74) is 0.366. The number of imide groups is 1. The second-order valence-corrected chi connectivity index (χ2v) is 6.89. The fraction of sp³-hybridized carbons (Fsp3) is 0.500. The summed E-state index contributed by atoms with van der Waals surface area (Å²) >= 11 is 0. The molecule has 5 nitrogen and oxygen atoms in total. The number of piperidine rings is 1. The molecule has 2 heterocycles. The zero-order valence-corrected chi connectivity index (χ0v) is 13.0. The first kappa shape index (κ1) is 14.4. The summed E-state index contributed by atoms with van der Waals surface area (Å²) < 4.78 is 0. The lowest BCUT2D eigenvalue weighted by atomic mass is 9.62. The van der Waals surface area contributed by atoms with E-state index in [1.165, 1.54) is 0 Å². The number of benzene rings is 1. The minimum absolute atomic E-state index is 0.0241. The smallest absolute Gasteiger partial charge is 0.235 e. The highest BCUT2D eigenvalue weighted by molar-refractivity contribution is 6.07. The number of amides is 3. The third-order valence-corrected chi connectivity index (χ3v) is 5.75. The van der Waals surface area contributed by atoms with Crippen molar-refractivity contribution in [2.24, 2.45) is 11.3 Å². The molecule has 1 saturated carbocycles. The van der Waals surface area contributed by atoms with Crippen molar-refractivity contribution in [1.29, 1.82) is 0 Å². The van der Waals surface area contributed by atoms with Gasteiger partial charge in [0.25, 0.3) is 0 Å². The molecule has 120 valence electrons. The summed E-state index contributed by atoms with van der Waals surface area (Å²) in [7, 11) is 0. The van der Waals surface area contributed by atoms with E-state index in [1.807, 2.05) is 35.2 Å². The van der Waals surface area contributed by atoms with Gasteiger partial charge in [-0.05, 0) is 18.4 Å². The number of hydrogen-bond acceptors (Lipinski definition) is 3. The first-order valence-corrected chi connectivity index (χ1v) is 8.31. The molecule has 0 radical (unpaired) electrons. The Morgan fingerprint density at radius 3 is 2.70 bits per heavy atom. The quantitative estimate of drug-likeness (QED) is 0.844. The van der Waals surface area contributed by atoms with Gasteiger partial charge in [-0.1, -0.05) is 43.2 Å². The summed E-state index contributed by atoms with van der Waals surface area (Å²) in [5.74, 6) is -1.04. The van der Waals surface area contributed by atoms with E-state index in [-0.39, 0.29) is 30.2 Å². The van der Waals surface area contributed by atoms with Crippen molar-refractivity contribution in [2.75, 3.05) is 0 Å². The van der Waals surface area contributed by atoms with Gasteiger partial charge in [-0.25, -0.2) is 0 Å². The zero-order valence-electron chi connectivity index (χ0n) is 13.0. The van der Waals surface area contributed by atoms with Crippen LogP contribution < -0.4 is 5.32 Å². The number of likely N-dealkylation sites (tertiary alicyclic amines) is 1. The summed E-state index contributed by atoms with van der Waals surface area (Å²) in [6.45, 7) is 0.518. The van der Waals surface area contributed by atoms with Gasteiger partial charge in [0.15, 0.2) is 0 Å². The molecule has 23 heavy (non-hydrogen) atoms. The van der Waals surface area contributed by atoms with Crippen LogP contribution in [0.3, 0.4) is 0 Å². The van der Waals surface area contributed by atoms with Crippen molar-refractivity contribution in [3.05, 3.63) is 35.9 Å². The molecular formula is C18H20N2O3. The largest absolute Gasteiger partial charge is 0.334 e. The average molecular weight is 312 g/mol. The van der Waals surface area contributed by atoms with E-state index >= 15 is 0 Å². The van der Waals surface area contributed by atoms with E-state index in [0.29, 0.717) is 13.0 Å². The second kappa shape index (κ2) is 5.18. The van der Waals surface area contributed by atoms with Crippen molar-refractivity contribution in [2.45, 2.75) is 44.7 Å². The standard InChI is InChI=1S/C18H20N2O3/c21-15-10-13-16(22)20(11-12-6-2-1-3-7-12)14-8-4-5-9-18(13,14)17(23)19-15/h1-3,6-7,13-14H,4-5,8-11H2,(H,19,21,23)/t13-,14+,18-/m1/s1. The highest BCUT2D eigenvalue weighted by atomic mass is 16.2. The fourth-order valence-corrected chi connectivity index (χ4v) is 4.73. The molecule has 2 saturated heterocycles. The Kier molecular flexibility index (Phi) is 3.25. The highest BCUT2D eigenvalue weighted by Crippen LogP contribution is 2.54. The predicted molar refractivity (Wildman–Crippen MR) is 82.9 cm³/mol. The van der Waals surface area contributed by atoms with Crippen LogP contribution in [-0.2, 0) is 20.9 Å². The van der Waals surface area contributed by atoms with E-state index < -0.39 is 11.3 Å². The van der Waals surface area contributed by atoms with Crippen LogP contribution in [0.5, 0.6) is 0 Å². The van der Waals surface area contributed by atoms with Gasteiger partial charge in [-0.2, -0.15) is 0 Å². The molecule has 5 heteroatoms. The number of rotatable bonds is 2. The fourth-order valence-electron chi connectivity index (χ4n) is 4.73. The van der Waals surface area contributed by atoms with E-state index in [4.69, 9.17) is 0 Å². The van der Waals surface area contributed by atoms with Crippen LogP contribution in [0.25, 0.3) is 0 Å². The van der Waals surface area contributed by atoms with E-state index in [0.717, 1.165) is 24.8 Å². The Balaban J connectivity index is 1.73. The zero-order chi connectivity index (χ0) is 16.0. The normalized spacial score (nSPS) is 33.2. The monoisotopic (exact) mass is 312 g/mol. The predicted octanol–water partition coefficient (Wildman–Crippen LogP) is 1.62. The van der Waals surface area contributed by atoms with Crippen LogP contribution in [0.15, 0.2) is 30.3 Å². The summed E-state index contributed by atoms with van der Waals surface area (Å²) in [6, 6.07) is 9.77. The second-order valence-electron chi connectivity index (χ2n) is 6.89. The number of nitrogens with one attached hydrogen (secondary N) is 1. The number of hydrogen-bond donors (Lipinski definition) is 1. The molecule has 1 aromatic rings. The minimum Gasteiger partial charge on any atom is -0.334 e. The van der Waals surface area contributed by atoms with Crippen molar-refractivity contribution >= 4 is 17.7 Å². The van der Waals surface area contributed by atoms with Gasteiger partial charge < -0.3 is 4.90 Å². The van der Waals surface area contributed by atoms with Crippen molar-refractivity contribution < 1.29 is 14.4 Å². The van der Waals surface area contributed by atoms with Gasteiger partial charge in [0.05, 0.1) is 11.3 Å². The van der Waals surface area contributed by atoms with Crippen LogP contribution in [0.2, 0.25) is 0 Å². The number of carbonyl (C=O) groups excluding carboxylic acids is 3. The Bertz CT molecular complexity index is 672. The molecule has 3 aliphatic rings. The SMILES string of the molecule is O=C1C[C@@H]2C(=O)N(Cc3ccccc3)[C@H]3CCCC[C@@]23C(=O)N1. The Morgan fingerprint density at radius 1 is 1.13 bits per heavy atom. The van der Waals surface area contributed by atoms with Crippen LogP contribution in [0.4, 0.5) is 0 Å². The first-order chi connectivity index (χ1) is 11.1. The maximum absolute atomic E-state index is 13.0. The van der Waals surface area contributed by atoms with Gasteiger partial charge in [-0.15, -0.1) is 0 Å². The van der Waals surface area contributed by atoms with Crippen LogP contribution in [0.1, 0.15) is 37.7 Å². The third-order valence-electron chi connectivity index (χ3n) is 5.75. The molecule has 1 aliphatic carbocycles. The van der Waals surface area contributed by atoms with Crippen LogP contribution in [-0.4, -0.2) is 28.7 Å². The lowest BCUT2D eigenvalue weighted by Crippen LogP contribution is -2.58. The van der Waals surface area contributed by atoms with Crippen molar-refractivity contribution in [3.8, 4) is 0 Å². The number of nitrogens with zero attached hydrogens (tertiary/aromatic N) is 1. The molecule has 3 amide bonds. The molecule has 0 bridgehead atoms. The minimum atomic E-state index is -0.696. The lowest BCUT2D eigenvalue weighted by Gasteiger charge is -2.43. The van der Waals surface area contributed by atoms with Gasteiger partial charge in [-0.3, -0.25) is 19.7 Å². The molecule has 1 spiro atoms. The molecule has 4 rings (SSSR count). The third kappa shape index (κ3) is 2.02. The Morgan fingerprint density at radius 2 is 1.91 bits per heavy atom. The van der Waals surface area contributed by atoms with Gasteiger partial charge in [0.2, 0.25) is 17.7 Å². The molecule has 1 N–H and O–H groups in total. The average Bonchev–Trinajstić information content (AvgIpc) is 2.80. The van der Waals surface area contributed by atoms with Crippen molar-refractivity contribution in [1.82, 2.24) is 10.2 Å². The van der Waals surface area contributed by atoms with Crippen LogP contribution in [0, 0.1) is 11.3 Å². The topological polar surface area (TPSA) is 66.5 Å². The number of carbonyl (C=O) groups is 3. The van der Waals surface area contributed by atoms with E-state index in [2.05, 4.69) is 5.32 Å². The maximum Gasteiger partial charge on any atom is 0.235 e. The van der Waals surface area contributed by atoms with Crippen molar-refractivity contribution in [3.63, 3.8) is 0 Å². The van der Waals surface area contributed by atoms with Gasteiger partial charge >= 0.3 is 0 Å². The maximum atomic E-state index is 13.0. The Labute approximate surface area is 135 Å². The lowest BCUT2D eigenvalue weighted by molar-refractivity contribution is -0.149. The summed E-state index contributed by atoms with van der Waals surface area (Å²) in [6.07, 6.45) is 3.67. The van der Waals surface area contributed by atoms with E-state index in [9.17, 15) is 14.4 Å². The molecule has 0 unspecified atom stereocenters. The van der Waals surface area contributed by atoms with Gasteiger partial charge in [0.1, 0.15) is 0 Å². The molecule has 3 fully saturated rings. The molecule has 2 aliphatic heterocycles. The van der Waals surface area contributed by atoms with E-state index in [1.54, 1.807) is 0 Å².